The summed E-state index contributed by atoms with van der Waals surface area (Å²) in [6.45, 7) is 2.82. The Bertz CT molecular complexity index is 703. The molecule has 1 aromatic heterocycles. The van der Waals surface area contributed by atoms with Crippen LogP contribution in [0.25, 0.3) is 10.9 Å². The molecular formula is C15H18N4OS. The fourth-order valence-corrected chi connectivity index (χ4v) is 2.55. The summed E-state index contributed by atoms with van der Waals surface area (Å²) in [5, 5.41) is 23.0. The molecule has 3 rings (SSSR count). The molecule has 21 heavy (non-hydrogen) atoms. The summed E-state index contributed by atoms with van der Waals surface area (Å²) in [6, 6.07) is 8.25. The van der Waals surface area contributed by atoms with Crippen molar-refractivity contribution < 1.29 is 5.11 Å². The molecule has 0 saturated heterocycles. The van der Waals surface area contributed by atoms with E-state index in [1.165, 1.54) is 0 Å². The van der Waals surface area contributed by atoms with Gasteiger partial charge in [-0.15, -0.1) is 10.2 Å². The summed E-state index contributed by atoms with van der Waals surface area (Å²) in [5.41, 5.74) is 1.45. The molecule has 1 saturated carbocycles. The van der Waals surface area contributed by atoms with Gasteiger partial charge in [-0.05, 0) is 37.5 Å². The molecule has 1 heterocycles. The summed E-state index contributed by atoms with van der Waals surface area (Å²) in [6.07, 6.45) is 3.21. The Kier molecular flexibility index (Phi) is 3.88. The fraction of sp³-hybridized carbons (Fsp3) is 0.400. The first-order valence-corrected chi connectivity index (χ1v) is 7.64. The zero-order valence-electron chi connectivity index (χ0n) is 11.9. The number of aromatic hydroxyl groups is 1. The Labute approximate surface area is 128 Å². The Morgan fingerprint density at radius 3 is 2.90 bits per heavy atom. The van der Waals surface area contributed by atoms with Gasteiger partial charge in [0.15, 0.2) is 5.69 Å². The normalized spacial score (nSPS) is 14.9. The highest BCUT2D eigenvalue weighted by atomic mass is 32.1. The highest BCUT2D eigenvalue weighted by Gasteiger charge is 2.22. The van der Waals surface area contributed by atoms with Gasteiger partial charge in [-0.3, -0.25) is 0 Å². The van der Waals surface area contributed by atoms with Crippen molar-refractivity contribution in [2.24, 2.45) is 10.2 Å². The number of nitrogens with one attached hydrogen (secondary N) is 1. The van der Waals surface area contributed by atoms with Crippen LogP contribution >= 0.6 is 12.2 Å². The van der Waals surface area contributed by atoms with Crippen LogP contribution in [0.5, 0.6) is 5.88 Å². The largest absolute Gasteiger partial charge is 0.493 e. The highest BCUT2D eigenvalue weighted by molar-refractivity contribution is 7.80. The van der Waals surface area contributed by atoms with Gasteiger partial charge in [0.25, 0.3) is 0 Å². The number of para-hydroxylation sites is 1. The molecule has 5 nitrogen and oxygen atoms in total. The molecule has 1 aliphatic rings. The molecule has 0 atom stereocenters. The van der Waals surface area contributed by atoms with Crippen LogP contribution < -0.4 is 5.32 Å². The van der Waals surface area contributed by atoms with E-state index in [1.54, 1.807) is 0 Å². The van der Waals surface area contributed by atoms with Gasteiger partial charge in [0.05, 0.1) is 5.52 Å². The predicted molar refractivity (Wildman–Crippen MR) is 87.2 cm³/mol. The summed E-state index contributed by atoms with van der Waals surface area (Å²) in [4.78, 5) is 0. The second kappa shape index (κ2) is 5.81. The fourth-order valence-electron chi connectivity index (χ4n) is 2.35. The summed E-state index contributed by atoms with van der Waals surface area (Å²) in [7, 11) is 0. The van der Waals surface area contributed by atoms with Crippen molar-refractivity contribution >= 4 is 33.9 Å². The maximum Gasteiger partial charge on any atom is 0.220 e. The smallest absolute Gasteiger partial charge is 0.220 e. The van der Waals surface area contributed by atoms with E-state index < -0.39 is 0 Å². The number of rotatable bonds is 4. The first-order chi connectivity index (χ1) is 10.2. The van der Waals surface area contributed by atoms with Crippen LogP contribution in [0.3, 0.4) is 0 Å². The van der Waals surface area contributed by atoms with Crippen molar-refractivity contribution in [1.82, 2.24) is 9.88 Å². The summed E-state index contributed by atoms with van der Waals surface area (Å²) >= 11 is 5.13. The minimum atomic E-state index is 0.149. The molecule has 0 aliphatic heterocycles. The van der Waals surface area contributed by atoms with Gasteiger partial charge in [0, 0.05) is 18.0 Å². The van der Waals surface area contributed by atoms with Crippen molar-refractivity contribution in [3.05, 3.63) is 24.3 Å². The lowest BCUT2D eigenvalue weighted by molar-refractivity contribution is 0.421. The van der Waals surface area contributed by atoms with Gasteiger partial charge in [0.2, 0.25) is 11.0 Å². The number of nitrogens with zero attached hydrogens (tertiary/aromatic N) is 3. The van der Waals surface area contributed by atoms with Crippen LogP contribution in [0.2, 0.25) is 0 Å². The molecule has 0 amide bonds. The Hall–Kier alpha value is -1.95. The maximum absolute atomic E-state index is 10.4. The Balaban J connectivity index is 1.95. The minimum Gasteiger partial charge on any atom is -0.493 e. The van der Waals surface area contributed by atoms with Gasteiger partial charge in [-0.2, -0.15) is 0 Å². The van der Waals surface area contributed by atoms with Crippen molar-refractivity contribution in [2.75, 3.05) is 0 Å². The molecule has 0 spiro atoms. The predicted octanol–water partition coefficient (Wildman–Crippen LogP) is 3.88. The van der Waals surface area contributed by atoms with Gasteiger partial charge in [-0.1, -0.05) is 25.1 Å². The second-order valence-corrected chi connectivity index (χ2v) is 5.65. The number of hydrogen-bond donors (Lipinski definition) is 2. The zero-order valence-corrected chi connectivity index (χ0v) is 12.7. The van der Waals surface area contributed by atoms with Gasteiger partial charge >= 0.3 is 0 Å². The van der Waals surface area contributed by atoms with Gasteiger partial charge in [0.1, 0.15) is 0 Å². The van der Waals surface area contributed by atoms with Crippen LogP contribution in [-0.4, -0.2) is 20.8 Å². The van der Waals surface area contributed by atoms with Gasteiger partial charge < -0.3 is 15.0 Å². The molecule has 0 unspecified atom stereocenters. The van der Waals surface area contributed by atoms with Crippen LogP contribution in [0.4, 0.5) is 5.69 Å². The van der Waals surface area contributed by atoms with E-state index in [0.717, 1.165) is 36.7 Å². The van der Waals surface area contributed by atoms with E-state index in [0.29, 0.717) is 16.8 Å². The van der Waals surface area contributed by atoms with E-state index in [1.807, 2.05) is 28.8 Å². The third kappa shape index (κ3) is 2.90. The minimum absolute atomic E-state index is 0.149. The molecule has 0 bridgehead atoms. The third-order valence-electron chi connectivity index (χ3n) is 3.51. The number of aromatic nitrogens is 1. The van der Waals surface area contributed by atoms with Gasteiger partial charge in [-0.25, -0.2) is 0 Å². The summed E-state index contributed by atoms with van der Waals surface area (Å²) in [5.74, 6) is 0.149. The average molecular weight is 302 g/mol. The number of fused-ring (bicyclic) bond motifs is 1. The summed E-state index contributed by atoms with van der Waals surface area (Å²) < 4.78 is 1.86. The topological polar surface area (TPSA) is 61.9 Å². The lowest BCUT2D eigenvalue weighted by Crippen LogP contribution is -2.20. The lowest BCUT2D eigenvalue weighted by Gasteiger charge is -2.03. The number of hydrogen-bond acceptors (Lipinski definition) is 3. The highest BCUT2D eigenvalue weighted by Crippen LogP contribution is 2.38. The molecule has 1 aliphatic carbocycles. The van der Waals surface area contributed by atoms with E-state index >= 15 is 0 Å². The molecule has 2 aromatic rings. The maximum atomic E-state index is 10.4. The molecule has 110 valence electrons. The quantitative estimate of drug-likeness (QED) is 0.665. The van der Waals surface area contributed by atoms with E-state index in [2.05, 4.69) is 22.5 Å². The molecule has 1 aromatic carbocycles. The van der Waals surface area contributed by atoms with Crippen molar-refractivity contribution in [2.45, 2.75) is 38.8 Å². The number of aryl methyl sites for hydroxylation is 1. The average Bonchev–Trinajstić information content (AvgIpc) is 3.25. The standard InChI is InChI=1S/C15H18N4OS/c1-2-9-19-12-6-4-3-5-11(12)13(14(19)20)17-18-15(21)16-10-7-8-10/h3-6,10,20H,2,7-9H2,1H3,(H,16,21). The number of benzene rings is 1. The Morgan fingerprint density at radius 1 is 1.43 bits per heavy atom. The van der Waals surface area contributed by atoms with Crippen molar-refractivity contribution in [3.63, 3.8) is 0 Å². The van der Waals surface area contributed by atoms with Crippen LogP contribution in [0.15, 0.2) is 34.5 Å². The monoisotopic (exact) mass is 302 g/mol. The molecule has 0 radical (unpaired) electrons. The third-order valence-corrected chi connectivity index (χ3v) is 3.71. The number of azo groups is 1. The molecule has 2 N–H and O–H groups in total. The molecule has 1 fully saturated rings. The second-order valence-electron chi connectivity index (χ2n) is 5.26. The van der Waals surface area contributed by atoms with Crippen molar-refractivity contribution in [3.8, 4) is 5.88 Å². The van der Waals surface area contributed by atoms with Crippen LogP contribution in [0.1, 0.15) is 26.2 Å². The SMILES string of the molecule is CCCn1c(O)c(N=NC(=S)NC2CC2)c2ccccc21. The van der Waals surface area contributed by atoms with E-state index in [4.69, 9.17) is 12.2 Å². The lowest BCUT2D eigenvalue weighted by atomic mass is 10.2. The number of thiocarbonyl (C=S) groups is 1. The van der Waals surface area contributed by atoms with Crippen LogP contribution in [0, 0.1) is 0 Å². The van der Waals surface area contributed by atoms with E-state index in [-0.39, 0.29) is 5.88 Å². The molecule has 6 heteroatoms. The first-order valence-electron chi connectivity index (χ1n) is 7.23. The zero-order chi connectivity index (χ0) is 14.8. The van der Waals surface area contributed by atoms with E-state index in [9.17, 15) is 5.11 Å². The first kappa shape index (κ1) is 14.0. The van der Waals surface area contributed by atoms with Crippen LogP contribution in [-0.2, 0) is 6.54 Å². The Morgan fingerprint density at radius 2 is 2.19 bits per heavy atom. The molecular weight excluding hydrogens is 284 g/mol. The van der Waals surface area contributed by atoms with Crippen molar-refractivity contribution in [1.29, 1.82) is 0 Å².